The predicted octanol–water partition coefficient (Wildman–Crippen LogP) is 5.74. The third kappa shape index (κ3) is 5.39. The molecule has 4 aromatic rings. The van der Waals surface area contributed by atoms with Gasteiger partial charge in [-0.15, -0.1) is 0 Å². The van der Waals surface area contributed by atoms with E-state index in [1.807, 2.05) is 37.1 Å². The molecule has 0 atom stereocenters. The molecule has 7 nitrogen and oxygen atoms in total. The van der Waals surface area contributed by atoms with Gasteiger partial charge in [0.05, 0.1) is 16.8 Å². The van der Waals surface area contributed by atoms with Crippen LogP contribution in [0.3, 0.4) is 0 Å². The number of aromatic carboxylic acids is 1. The third-order valence-electron chi connectivity index (χ3n) is 6.28. The predicted molar refractivity (Wildman–Crippen MR) is 137 cm³/mol. The number of aryl methyl sites for hydroxylation is 3. The SMILES string of the molecule is Cc1cccc(C)c1CCc1cccc(N=Cc2c(C(F)(F)F)[nH]n(-c3cccc(C(=O)O)c3)c2=O)c1O. The number of alkyl halides is 3. The Labute approximate surface area is 215 Å². The number of H-pyrrole nitrogens is 1. The van der Waals surface area contributed by atoms with Gasteiger partial charge >= 0.3 is 12.1 Å². The lowest BCUT2D eigenvalue weighted by atomic mass is 9.96. The Hall–Kier alpha value is -4.60. The van der Waals surface area contributed by atoms with Crippen molar-refractivity contribution < 1.29 is 28.2 Å². The van der Waals surface area contributed by atoms with Crippen LogP contribution in [-0.2, 0) is 19.0 Å². The minimum atomic E-state index is -4.93. The molecule has 4 rings (SSSR count). The molecule has 3 aromatic carbocycles. The zero-order valence-electron chi connectivity index (χ0n) is 20.5. The Bertz CT molecular complexity index is 1580. The summed E-state index contributed by atoms with van der Waals surface area (Å²) in [6.07, 6.45) is -3.05. The molecule has 1 heterocycles. The van der Waals surface area contributed by atoms with E-state index in [4.69, 9.17) is 0 Å². The van der Waals surface area contributed by atoms with Crippen molar-refractivity contribution in [3.63, 3.8) is 0 Å². The fourth-order valence-corrected chi connectivity index (χ4v) is 4.27. The summed E-state index contributed by atoms with van der Waals surface area (Å²) in [5.74, 6) is -1.48. The van der Waals surface area contributed by atoms with E-state index in [9.17, 15) is 33.0 Å². The highest BCUT2D eigenvalue weighted by molar-refractivity contribution is 5.88. The maximum atomic E-state index is 13.8. The maximum Gasteiger partial charge on any atom is 0.433 e. The first-order valence-electron chi connectivity index (χ1n) is 11.6. The lowest BCUT2D eigenvalue weighted by molar-refractivity contribution is -0.141. The lowest BCUT2D eigenvalue weighted by Crippen LogP contribution is -2.17. The van der Waals surface area contributed by atoms with E-state index in [0.29, 0.717) is 23.1 Å². The van der Waals surface area contributed by atoms with E-state index in [1.165, 1.54) is 24.3 Å². The molecule has 0 spiro atoms. The first-order chi connectivity index (χ1) is 18.0. The van der Waals surface area contributed by atoms with Crippen LogP contribution < -0.4 is 5.56 Å². The van der Waals surface area contributed by atoms with E-state index in [2.05, 4.69) is 4.99 Å². The van der Waals surface area contributed by atoms with Crippen LogP contribution in [0.5, 0.6) is 5.75 Å². The van der Waals surface area contributed by atoms with Gasteiger partial charge in [-0.05, 0) is 73.2 Å². The molecule has 0 bridgehead atoms. The summed E-state index contributed by atoms with van der Waals surface area (Å²) in [6.45, 7) is 4.01. The van der Waals surface area contributed by atoms with Crippen LogP contribution >= 0.6 is 0 Å². The second-order valence-electron chi connectivity index (χ2n) is 8.81. The van der Waals surface area contributed by atoms with Gasteiger partial charge < -0.3 is 10.2 Å². The van der Waals surface area contributed by atoms with E-state index < -0.39 is 29.0 Å². The fourth-order valence-electron chi connectivity index (χ4n) is 4.27. The van der Waals surface area contributed by atoms with Crippen LogP contribution in [0, 0.1) is 13.8 Å². The normalized spacial score (nSPS) is 11.8. The summed E-state index contributed by atoms with van der Waals surface area (Å²) >= 11 is 0. The monoisotopic (exact) mass is 523 g/mol. The smallest absolute Gasteiger partial charge is 0.433 e. The summed E-state index contributed by atoms with van der Waals surface area (Å²) in [4.78, 5) is 28.2. The van der Waals surface area contributed by atoms with Gasteiger partial charge in [0, 0.05) is 6.21 Å². The van der Waals surface area contributed by atoms with Crippen molar-refractivity contribution in [1.29, 1.82) is 0 Å². The van der Waals surface area contributed by atoms with Crippen molar-refractivity contribution >= 4 is 17.9 Å². The quantitative estimate of drug-likeness (QED) is 0.269. The van der Waals surface area contributed by atoms with E-state index in [0.717, 1.165) is 29.0 Å². The Balaban J connectivity index is 1.69. The van der Waals surface area contributed by atoms with Crippen LogP contribution in [0.25, 0.3) is 5.69 Å². The minimum Gasteiger partial charge on any atom is -0.505 e. The van der Waals surface area contributed by atoms with Crippen molar-refractivity contribution in [3.05, 3.63) is 110 Å². The van der Waals surface area contributed by atoms with E-state index in [-0.39, 0.29) is 22.7 Å². The van der Waals surface area contributed by atoms with Crippen LogP contribution in [0.1, 0.15) is 43.9 Å². The molecule has 10 heteroatoms. The van der Waals surface area contributed by atoms with Crippen LogP contribution in [0.15, 0.2) is 70.5 Å². The summed E-state index contributed by atoms with van der Waals surface area (Å²) in [5.41, 5.74) is 0.479. The van der Waals surface area contributed by atoms with E-state index in [1.54, 1.807) is 12.1 Å². The Morgan fingerprint density at radius 1 is 1.03 bits per heavy atom. The number of benzene rings is 3. The lowest BCUT2D eigenvalue weighted by Gasteiger charge is -2.11. The Morgan fingerprint density at radius 2 is 1.68 bits per heavy atom. The number of phenolic OH excluding ortho intramolecular Hbond substituents is 1. The number of hydrogen-bond acceptors (Lipinski definition) is 4. The number of aromatic nitrogens is 2. The number of phenols is 1. The molecule has 0 unspecified atom stereocenters. The zero-order chi connectivity index (χ0) is 27.6. The number of carbonyl (C=O) groups is 1. The van der Waals surface area contributed by atoms with Gasteiger partial charge in [0.15, 0.2) is 5.69 Å². The Kier molecular flexibility index (Phi) is 7.25. The highest BCUT2D eigenvalue weighted by atomic mass is 19.4. The third-order valence-corrected chi connectivity index (χ3v) is 6.28. The van der Waals surface area contributed by atoms with Crippen LogP contribution in [-0.4, -0.2) is 32.2 Å². The number of para-hydroxylation sites is 1. The first-order valence-corrected chi connectivity index (χ1v) is 11.6. The summed E-state index contributed by atoms with van der Waals surface area (Å²) in [6, 6.07) is 15.7. The van der Waals surface area contributed by atoms with Crippen molar-refractivity contribution in [3.8, 4) is 11.4 Å². The van der Waals surface area contributed by atoms with Crippen LogP contribution in [0.2, 0.25) is 0 Å². The topological polar surface area (TPSA) is 108 Å². The van der Waals surface area contributed by atoms with Gasteiger partial charge in [-0.2, -0.15) is 13.2 Å². The number of nitrogens with zero attached hydrogens (tertiary/aromatic N) is 2. The summed E-state index contributed by atoms with van der Waals surface area (Å²) in [5, 5.41) is 22.0. The fraction of sp³-hybridized carbons (Fsp3) is 0.179. The molecule has 0 saturated carbocycles. The molecule has 196 valence electrons. The standard InChI is InChI=1S/C28H24F3N3O4/c1-16-6-3-7-17(2)21(16)13-12-18-8-5-11-23(24(18)35)32-15-22-25(28(29,30)31)33-34(26(22)36)20-10-4-9-19(14-20)27(37)38/h3-11,14-15,33,35H,12-13H2,1-2H3,(H,37,38). The minimum absolute atomic E-state index is 0.0113. The van der Waals surface area contributed by atoms with Crippen LogP contribution in [0.4, 0.5) is 18.9 Å². The molecular formula is C28H24F3N3O4. The van der Waals surface area contributed by atoms with Crippen molar-refractivity contribution in [2.75, 3.05) is 0 Å². The largest absolute Gasteiger partial charge is 0.505 e. The van der Waals surface area contributed by atoms with Gasteiger partial charge in [-0.3, -0.25) is 14.9 Å². The molecule has 0 aliphatic heterocycles. The van der Waals surface area contributed by atoms with Gasteiger partial charge in [0.1, 0.15) is 11.4 Å². The molecule has 1 aromatic heterocycles. The van der Waals surface area contributed by atoms with Gasteiger partial charge in [0.2, 0.25) is 0 Å². The number of rotatable bonds is 7. The summed E-state index contributed by atoms with van der Waals surface area (Å²) in [7, 11) is 0. The van der Waals surface area contributed by atoms with Crippen molar-refractivity contribution in [2.24, 2.45) is 4.99 Å². The van der Waals surface area contributed by atoms with Gasteiger partial charge in [-0.1, -0.05) is 36.4 Å². The van der Waals surface area contributed by atoms with Gasteiger partial charge in [0.25, 0.3) is 5.56 Å². The number of aliphatic imine (C=N–C) groups is 1. The van der Waals surface area contributed by atoms with Crippen molar-refractivity contribution in [2.45, 2.75) is 32.9 Å². The molecular weight excluding hydrogens is 499 g/mol. The molecule has 38 heavy (non-hydrogen) atoms. The zero-order valence-corrected chi connectivity index (χ0v) is 20.5. The molecule has 0 saturated heterocycles. The first kappa shape index (κ1) is 26.5. The average Bonchev–Trinajstić information content (AvgIpc) is 3.20. The summed E-state index contributed by atoms with van der Waals surface area (Å²) < 4.78 is 41.9. The Morgan fingerprint density at radius 3 is 2.34 bits per heavy atom. The second-order valence-corrected chi connectivity index (χ2v) is 8.81. The number of carboxylic acid groups (broad SMARTS) is 1. The number of aromatic amines is 1. The molecule has 3 N–H and O–H groups in total. The van der Waals surface area contributed by atoms with E-state index >= 15 is 0 Å². The number of nitrogens with one attached hydrogen (secondary N) is 1. The molecule has 0 radical (unpaired) electrons. The molecule has 0 amide bonds. The molecule has 0 aliphatic rings. The maximum absolute atomic E-state index is 13.8. The second kappa shape index (κ2) is 10.4. The highest BCUT2D eigenvalue weighted by Crippen LogP contribution is 2.33. The molecule has 0 aliphatic carbocycles. The van der Waals surface area contributed by atoms with Crippen molar-refractivity contribution in [1.82, 2.24) is 9.78 Å². The average molecular weight is 524 g/mol. The number of carboxylic acids is 1. The number of halogens is 3. The number of hydrogen-bond donors (Lipinski definition) is 3. The molecule has 0 fully saturated rings. The van der Waals surface area contributed by atoms with Gasteiger partial charge in [-0.25, -0.2) is 9.48 Å². The number of aromatic hydroxyl groups is 1. The highest BCUT2D eigenvalue weighted by Gasteiger charge is 2.37.